The first-order valence-electron chi connectivity index (χ1n) is 2.90. The van der Waals surface area contributed by atoms with Crippen molar-refractivity contribution in [1.82, 2.24) is 0 Å². The van der Waals surface area contributed by atoms with Crippen molar-refractivity contribution >= 4 is 35.3 Å². The molecule has 1 atom stereocenters. The lowest BCUT2D eigenvalue weighted by Gasteiger charge is -2.01. The summed E-state index contributed by atoms with van der Waals surface area (Å²) >= 11 is 1.05. The fourth-order valence-corrected chi connectivity index (χ4v) is 0.941. The Kier molecular flexibility index (Phi) is 7.89. The van der Waals surface area contributed by atoms with E-state index >= 15 is 0 Å². The molecule has 1 unspecified atom stereocenters. The molecule has 0 aromatic carbocycles. The number of hydrogen-bond donors (Lipinski definition) is 1. The van der Waals surface area contributed by atoms with Crippen molar-refractivity contribution in [3.63, 3.8) is 0 Å². The molecular weight excluding hydrogens is 188 g/mol. The predicted octanol–water partition coefficient (Wildman–Crippen LogP) is 1.41. The Balaban J connectivity index is 0. The summed E-state index contributed by atoms with van der Waals surface area (Å²) in [5, 5.41) is 8.34. The van der Waals surface area contributed by atoms with Crippen LogP contribution in [0.2, 0.25) is 0 Å². The summed E-state index contributed by atoms with van der Waals surface area (Å²) in [5.74, 6) is -0.923. The number of carbonyl (C=O) groups is 2. The molecule has 0 aliphatic heterocycles. The lowest BCUT2D eigenvalue weighted by atomic mass is 10.2. The van der Waals surface area contributed by atoms with Gasteiger partial charge in [0.25, 0.3) is 0 Å². The summed E-state index contributed by atoms with van der Waals surface area (Å²) in [4.78, 5) is 20.5. The van der Waals surface area contributed by atoms with Crippen LogP contribution in [0.5, 0.6) is 0 Å². The zero-order chi connectivity index (χ0) is 8.15. The van der Waals surface area contributed by atoms with Crippen molar-refractivity contribution in [3.05, 3.63) is 0 Å². The van der Waals surface area contributed by atoms with Gasteiger partial charge in [-0.05, 0) is 0 Å². The molecule has 0 fully saturated rings. The molecule has 3 nitrogen and oxygen atoms in total. The van der Waals surface area contributed by atoms with Crippen LogP contribution < -0.4 is 0 Å². The van der Waals surface area contributed by atoms with Crippen molar-refractivity contribution in [2.24, 2.45) is 5.92 Å². The van der Waals surface area contributed by atoms with E-state index in [0.29, 0.717) is 5.75 Å². The Morgan fingerprint density at radius 3 is 2.27 bits per heavy atom. The molecule has 0 saturated heterocycles. The second kappa shape index (κ2) is 6.49. The molecular formula is C6H11ClO3S. The van der Waals surface area contributed by atoms with Crippen molar-refractivity contribution < 1.29 is 14.7 Å². The van der Waals surface area contributed by atoms with Crippen LogP contribution in [0.1, 0.15) is 13.8 Å². The van der Waals surface area contributed by atoms with E-state index in [-0.39, 0.29) is 17.5 Å². The van der Waals surface area contributed by atoms with Gasteiger partial charge in [0.05, 0.1) is 5.92 Å². The van der Waals surface area contributed by atoms with E-state index < -0.39 is 11.9 Å². The molecule has 11 heavy (non-hydrogen) atoms. The Morgan fingerprint density at radius 2 is 2.00 bits per heavy atom. The van der Waals surface area contributed by atoms with E-state index in [1.807, 2.05) is 0 Å². The van der Waals surface area contributed by atoms with Gasteiger partial charge in [-0.15, -0.1) is 12.4 Å². The maximum atomic E-state index is 10.3. The van der Waals surface area contributed by atoms with E-state index in [4.69, 9.17) is 5.11 Å². The zero-order valence-corrected chi connectivity index (χ0v) is 8.00. The molecule has 0 rings (SSSR count). The van der Waals surface area contributed by atoms with Crippen molar-refractivity contribution in [1.29, 1.82) is 0 Å². The minimum Gasteiger partial charge on any atom is -0.481 e. The van der Waals surface area contributed by atoms with Crippen LogP contribution >= 0.6 is 24.2 Å². The van der Waals surface area contributed by atoms with Crippen LogP contribution in [0.25, 0.3) is 0 Å². The molecule has 0 radical (unpaired) electrons. The standard InChI is InChI=1S/C6H10O3S.ClH/c1-4(6(8)9)3-10-5(2)7;/h4H,3H2,1-2H3,(H,8,9);1H. The largest absolute Gasteiger partial charge is 0.481 e. The third-order valence-electron chi connectivity index (χ3n) is 0.958. The van der Waals surface area contributed by atoms with E-state index in [2.05, 4.69) is 0 Å². The third kappa shape index (κ3) is 7.68. The maximum Gasteiger partial charge on any atom is 0.307 e. The predicted molar refractivity (Wildman–Crippen MR) is 47.2 cm³/mol. The first-order chi connectivity index (χ1) is 4.54. The quantitative estimate of drug-likeness (QED) is 0.745. The van der Waals surface area contributed by atoms with Crippen LogP contribution in [0.3, 0.4) is 0 Å². The lowest BCUT2D eigenvalue weighted by Crippen LogP contribution is -2.12. The van der Waals surface area contributed by atoms with Crippen LogP contribution in [0.4, 0.5) is 0 Å². The Labute approximate surface area is 76.0 Å². The highest BCUT2D eigenvalue weighted by molar-refractivity contribution is 8.13. The van der Waals surface area contributed by atoms with Gasteiger partial charge in [-0.3, -0.25) is 9.59 Å². The van der Waals surface area contributed by atoms with Gasteiger partial charge in [-0.1, -0.05) is 18.7 Å². The molecule has 66 valence electrons. The van der Waals surface area contributed by atoms with Crippen LogP contribution in [0, 0.1) is 5.92 Å². The van der Waals surface area contributed by atoms with E-state index in [0.717, 1.165) is 11.8 Å². The first kappa shape index (κ1) is 13.4. The highest BCUT2D eigenvalue weighted by Gasteiger charge is 2.11. The normalized spacial score (nSPS) is 11.5. The fourth-order valence-electron chi connectivity index (χ4n) is 0.314. The summed E-state index contributed by atoms with van der Waals surface area (Å²) in [6.07, 6.45) is 0. The SMILES string of the molecule is CC(=O)SCC(C)C(=O)O.Cl. The molecule has 0 heterocycles. The minimum atomic E-state index is -0.853. The van der Waals surface area contributed by atoms with Crippen molar-refractivity contribution in [2.75, 3.05) is 5.75 Å². The molecule has 0 aromatic heterocycles. The minimum absolute atomic E-state index is 0. The van der Waals surface area contributed by atoms with Crippen molar-refractivity contribution in [3.8, 4) is 0 Å². The van der Waals surface area contributed by atoms with Crippen LogP contribution in [-0.2, 0) is 9.59 Å². The number of carbonyl (C=O) groups excluding carboxylic acids is 1. The first-order valence-corrected chi connectivity index (χ1v) is 3.88. The lowest BCUT2D eigenvalue weighted by molar-refractivity contribution is -0.140. The summed E-state index contributed by atoms with van der Waals surface area (Å²) in [5.41, 5.74) is 0. The van der Waals surface area contributed by atoms with Gasteiger partial charge in [0.1, 0.15) is 0 Å². The van der Waals surface area contributed by atoms with Crippen LogP contribution in [-0.4, -0.2) is 21.9 Å². The zero-order valence-electron chi connectivity index (χ0n) is 6.36. The molecule has 0 bridgehead atoms. The van der Waals surface area contributed by atoms with Gasteiger partial charge in [0.2, 0.25) is 0 Å². The Morgan fingerprint density at radius 1 is 1.55 bits per heavy atom. The summed E-state index contributed by atoms with van der Waals surface area (Å²) in [7, 11) is 0. The average Bonchev–Trinajstić information content (AvgIpc) is 1.82. The average molecular weight is 199 g/mol. The van der Waals surface area contributed by atoms with E-state index in [1.165, 1.54) is 6.92 Å². The summed E-state index contributed by atoms with van der Waals surface area (Å²) in [6.45, 7) is 3.01. The number of hydrogen-bond acceptors (Lipinski definition) is 3. The molecule has 0 aliphatic carbocycles. The number of thioether (sulfide) groups is 1. The number of halogens is 1. The molecule has 0 saturated carbocycles. The number of carboxylic acids is 1. The molecule has 5 heteroatoms. The number of aliphatic carboxylic acids is 1. The van der Waals surface area contributed by atoms with Crippen LogP contribution in [0.15, 0.2) is 0 Å². The highest BCUT2D eigenvalue weighted by atomic mass is 35.5. The molecule has 0 amide bonds. The molecule has 0 aromatic rings. The molecule has 0 aliphatic rings. The summed E-state index contributed by atoms with van der Waals surface area (Å²) < 4.78 is 0. The Bertz CT molecular complexity index is 149. The van der Waals surface area contributed by atoms with Gasteiger partial charge in [-0.2, -0.15) is 0 Å². The number of rotatable bonds is 3. The van der Waals surface area contributed by atoms with E-state index in [1.54, 1.807) is 6.92 Å². The molecule has 1 N–H and O–H groups in total. The molecule has 0 spiro atoms. The highest BCUT2D eigenvalue weighted by Crippen LogP contribution is 2.08. The van der Waals surface area contributed by atoms with Gasteiger partial charge in [-0.25, -0.2) is 0 Å². The second-order valence-electron chi connectivity index (χ2n) is 2.04. The second-order valence-corrected chi connectivity index (χ2v) is 3.24. The van der Waals surface area contributed by atoms with Gasteiger partial charge >= 0.3 is 5.97 Å². The van der Waals surface area contributed by atoms with E-state index in [9.17, 15) is 9.59 Å². The monoisotopic (exact) mass is 198 g/mol. The van der Waals surface area contributed by atoms with Gasteiger partial charge in [0, 0.05) is 12.7 Å². The summed E-state index contributed by atoms with van der Waals surface area (Å²) in [6, 6.07) is 0. The number of carboxylic acid groups (broad SMARTS) is 1. The maximum absolute atomic E-state index is 10.3. The van der Waals surface area contributed by atoms with Gasteiger partial charge < -0.3 is 5.11 Å². The third-order valence-corrected chi connectivity index (χ3v) is 2.03. The van der Waals surface area contributed by atoms with Gasteiger partial charge in [0.15, 0.2) is 5.12 Å². The smallest absolute Gasteiger partial charge is 0.307 e. The fraction of sp³-hybridized carbons (Fsp3) is 0.667. The van der Waals surface area contributed by atoms with Crippen molar-refractivity contribution in [2.45, 2.75) is 13.8 Å². The Hall–Kier alpha value is -0.220. The topological polar surface area (TPSA) is 54.4 Å².